The van der Waals surface area contributed by atoms with E-state index in [1.807, 2.05) is 18.2 Å². The summed E-state index contributed by atoms with van der Waals surface area (Å²) >= 11 is 0. The number of benzene rings is 2. The van der Waals surface area contributed by atoms with Gasteiger partial charge in [-0.25, -0.2) is 4.39 Å². The molecule has 120 valence electrons. The molecule has 0 spiro atoms. The van der Waals surface area contributed by atoms with Gasteiger partial charge in [-0.05, 0) is 30.0 Å². The predicted molar refractivity (Wildman–Crippen MR) is 90.7 cm³/mol. The molecule has 0 saturated carbocycles. The van der Waals surface area contributed by atoms with Crippen molar-refractivity contribution in [2.24, 2.45) is 0 Å². The van der Waals surface area contributed by atoms with Gasteiger partial charge in [-0.3, -0.25) is 9.89 Å². The quantitative estimate of drug-likeness (QED) is 0.725. The van der Waals surface area contributed by atoms with E-state index in [0.717, 1.165) is 12.8 Å². The molecule has 24 heavy (non-hydrogen) atoms. The highest BCUT2D eigenvalue weighted by molar-refractivity contribution is 5.93. The van der Waals surface area contributed by atoms with Crippen LogP contribution in [0.15, 0.2) is 48.7 Å². The molecule has 1 aliphatic rings. The van der Waals surface area contributed by atoms with E-state index in [0.29, 0.717) is 16.5 Å². The third kappa shape index (κ3) is 2.58. The minimum Gasteiger partial charge on any atom is -0.346 e. The Hall–Kier alpha value is -2.95. The minimum atomic E-state index is -0.403. The number of aromatic nitrogens is 2. The summed E-state index contributed by atoms with van der Waals surface area (Å²) in [5, 5.41) is 10.1. The number of H-pyrrole nitrogens is 1. The van der Waals surface area contributed by atoms with Crippen LogP contribution in [0.3, 0.4) is 0 Å². The summed E-state index contributed by atoms with van der Waals surface area (Å²) in [4.78, 5) is 12.2. The molecule has 0 bridgehead atoms. The second-order valence-electron chi connectivity index (χ2n) is 5.93. The van der Waals surface area contributed by atoms with E-state index in [9.17, 15) is 9.18 Å². The molecule has 1 amide bonds. The number of rotatable bonds is 3. The Labute approximate surface area is 138 Å². The molecule has 1 aromatic heterocycles. The Bertz CT molecular complexity index is 945. The molecular weight excluding hydrogens is 305 g/mol. The summed E-state index contributed by atoms with van der Waals surface area (Å²) in [6.07, 6.45) is 6.30. The summed E-state index contributed by atoms with van der Waals surface area (Å²) in [5.74, 6) is -0.624. The summed E-state index contributed by atoms with van der Waals surface area (Å²) < 4.78 is 14.3. The average molecular weight is 321 g/mol. The Balaban J connectivity index is 1.49. The van der Waals surface area contributed by atoms with Crippen LogP contribution in [0, 0.1) is 5.82 Å². The van der Waals surface area contributed by atoms with E-state index in [-0.39, 0.29) is 11.9 Å². The van der Waals surface area contributed by atoms with Crippen molar-refractivity contribution in [2.75, 3.05) is 0 Å². The standard InChI is InChI=1S/C19H16FN3O/c20-18-13(5-6-14-11-21-23-19(14)18)8-10-17(24)22-16-9-7-12-3-1-2-4-15(12)16/h1-6,8,10-11,16H,7,9H2,(H,21,23)(H,22,24)/b10-8+. The molecule has 1 unspecified atom stereocenters. The van der Waals surface area contributed by atoms with Crippen LogP contribution >= 0.6 is 0 Å². The maximum atomic E-state index is 14.3. The molecule has 1 atom stereocenters. The SMILES string of the molecule is O=C(/C=C/c1ccc2cn[nH]c2c1F)NC1CCc2ccccc21. The van der Waals surface area contributed by atoms with Gasteiger partial charge in [-0.15, -0.1) is 0 Å². The van der Waals surface area contributed by atoms with Crippen molar-refractivity contribution in [1.29, 1.82) is 0 Å². The second-order valence-corrected chi connectivity index (χ2v) is 5.93. The first-order valence-corrected chi connectivity index (χ1v) is 7.90. The summed E-state index contributed by atoms with van der Waals surface area (Å²) in [7, 11) is 0. The van der Waals surface area contributed by atoms with E-state index in [1.54, 1.807) is 18.3 Å². The van der Waals surface area contributed by atoms with Crippen LogP contribution in [-0.4, -0.2) is 16.1 Å². The van der Waals surface area contributed by atoms with Crippen LogP contribution in [-0.2, 0) is 11.2 Å². The molecule has 0 radical (unpaired) electrons. The van der Waals surface area contributed by atoms with E-state index < -0.39 is 5.82 Å². The molecule has 0 fully saturated rings. The van der Waals surface area contributed by atoms with Gasteiger partial charge in [0, 0.05) is 17.0 Å². The van der Waals surface area contributed by atoms with Crippen molar-refractivity contribution in [3.63, 3.8) is 0 Å². The lowest BCUT2D eigenvalue weighted by atomic mass is 10.1. The van der Waals surface area contributed by atoms with Crippen LogP contribution < -0.4 is 5.32 Å². The monoisotopic (exact) mass is 321 g/mol. The number of hydrogen-bond acceptors (Lipinski definition) is 2. The van der Waals surface area contributed by atoms with Crippen LogP contribution in [0.25, 0.3) is 17.0 Å². The van der Waals surface area contributed by atoms with Crippen molar-refractivity contribution < 1.29 is 9.18 Å². The molecule has 1 aliphatic carbocycles. The van der Waals surface area contributed by atoms with E-state index in [4.69, 9.17) is 0 Å². The number of aromatic amines is 1. The van der Waals surface area contributed by atoms with Gasteiger partial charge >= 0.3 is 0 Å². The number of amides is 1. The molecule has 4 rings (SSSR count). The zero-order chi connectivity index (χ0) is 16.5. The fourth-order valence-electron chi connectivity index (χ4n) is 3.22. The molecule has 5 heteroatoms. The van der Waals surface area contributed by atoms with E-state index >= 15 is 0 Å². The summed E-state index contributed by atoms with van der Waals surface area (Å²) in [6, 6.07) is 11.6. The number of aryl methyl sites for hydroxylation is 1. The fourth-order valence-corrected chi connectivity index (χ4v) is 3.22. The van der Waals surface area contributed by atoms with Gasteiger partial charge in [-0.1, -0.05) is 36.4 Å². The summed E-state index contributed by atoms with van der Waals surface area (Å²) in [5.41, 5.74) is 3.16. The Morgan fingerprint density at radius 2 is 2.17 bits per heavy atom. The third-order valence-corrected chi connectivity index (χ3v) is 4.45. The minimum absolute atomic E-state index is 0.0262. The number of halogens is 1. The topological polar surface area (TPSA) is 57.8 Å². The van der Waals surface area contributed by atoms with Gasteiger partial charge in [0.25, 0.3) is 0 Å². The Morgan fingerprint density at radius 1 is 1.29 bits per heavy atom. The van der Waals surface area contributed by atoms with Crippen molar-refractivity contribution in [3.8, 4) is 0 Å². The van der Waals surface area contributed by atoms with Crippen molar-refractivity contribution >= 4 is 22.9 Å². The first kappa shape index (κ1) is 14.6. The van der Waals surface area contributed by atoms with E-state index in [2.05, 4.69) is 21.6 Å². The second kappa shape index (κ2) is 5.92. The molecule has 0 aliphatic heterocycles. The van der Waals surface area contributed by atoms with Crippen LogP contribution in [0.4, 0.5) is 4.39 Å². The molecule has 0 saturated heterocycles. The first-order valence-electron chi connectivity index (χ1n) is 7.90. The number of carbonyl (C=O) groups is 1. The zero-order valence-electron chi connectivity index (χ0n) is 12.9. The van der Waals surface area contributed by atoms with Crippen molar-refractivity contribution in [1.82, 2.24) is 15.5 Å². The number of nitrogens with zero attached hydrogens (tertiary/aromatic N) is 1. The zero-order valence-corrected chi connectivity index (χ0v) is 12.9. The number of fused-ring (bicyclic) bond motifs is 2. The van der Waals surface area contributed by atoms with E-state index in [1.165, 1.54) is 23.3 Å². The molecule has 3 aromatic rings. The normalized spacial score (nSPS) is 16.6. The largest absolute Gasteiger partial charge is 0.346 e. The molecule has 4 nitrogen and oxygen atoms in total. The number of carbonyl (C=O) groups excluding carboxylic acids is 1. The summed E-state index contributed by atoms with van der Waals surface area (Å²) in [6.45, 7) is 0. The fraction of sp³-hybridized carbons (Fsp3) is 0.158. The maximum Gasteiger partial charge on any atom is 0.244 e. The van der Waals surface area contributed by atoms with Gasteiger partial charge in [0.1, 0.15) is 5.52 Å². The lowest BCUT2D eigenvalue weighted by Gasteiger charge is -2.12. The van der Waals surface area contributed by atoms with Crippen molar-refractivity contribution in [2.45, 2.75) is 18.9 Å². The average Bonchev–Trinajstić information content (AvgIpc) is 3.22. The lowest BCUT2D eigenvalue weighted by Crippen LogP contribution is -2.25. The van der Waals surface area contributed by atoms with Gasteiger partial charge in [0.15, 0.2) is 5.82 Å². The molecular formula is C19H16FN3O. The van der Waals surface area contributed by atoms with Crippen LogP contribution in [0.1, 0.15) is 29.2 Å². The first-order chi connectivity index (χ1) is 11.7. The van der Waals surface area contributed by atoms with Crippen molar-refractivity contribution in [3.05, 3.63) is 71.2 Å². The highest BCUT2D eigenvalue weighted by Crippen LogP contribution is 2.30. The number of hydrogen-bond donors (Lipinski definition) is 2. The van der Waals surface area contributed by atoms with Gasteiger partial charge in [-0.2, -0.15) is 5.10 Å². The Kier molecular flexibility index (Phi) is 3.61. The van der Waals surface area contributed by atoms with Gasteiger partial charge in [0.2, 0.25) is 5.91 Å². The molecule has 1 heterocycles. The van der Waals surface area contributed by atoms with Gasteiger partial charge in [0.05, 0.1) is 12.2 Å². The van der Waals surface area contributed by atoms with Crippen LogP contribution in [0.2, 0.25) is 0 Å². The van der Waals surface area contributed by atoms with Gasteiger partial charge < -0.3 is 5.32 Å². The smallest absolute Gasteiger partial charge is 0.244 e. The Morgan fingerprint density at radius 3 is 3.08 bits per heavy atom. The highest BCUT2D eigenvalue weighted by atomic mass is 19.1. The predicted octanol–water partition coefficient (Wildman–Crippen LogP) is 3.52. The molecule has 2 aromatic carbocycles. The third-order valence-electron chi connectivity index (χ3n) is 4.45. The number of nitrogens with one attached hydrogen (secondary N) is 2. The van der Waals surface area contributed by atoms with Crippen LogP contribution in [0.5, 0.6) is 0 Å². The highest BCUT2D eigenvalue weighted by Gasteiger charge is 2.22. The lowest BCUT2D eigenvalue weighted by molar-refractivity contribution is -0.117. The molecule has 2 N–H and O–H groups in total. The maximum absolute atomic E-state index is 14.3.